The summed E-state index contributed by atoms with van der Waals surface area (Å²) in [5.74, 6) is 0. The van der Waals surface area contributed by atoms with Crippen LogP contribution in [0.4, 0.5) is 0 Å². The van der Waals surface area contributed by atoms with Crippen molar-refractivity contribution in [1.29, 1.82) is 5.26 Å². The van der Waals surface area contributed by atoms with E-state index in [-0.39, 0.29) is 12.4 Å². The number of benzene rings is 1. The van der Waals surface area contributed by atoms with Gasteiger partial charge in [-0.05, 0) is 12.1 Å². The molecule has 0 aliphatic heterocycles. The van der Waals surface area contributed by atoms with E-state index in [1.165, 1.54) is 0 Å². The molecule has 0 unspecified atom stereocenters. The van der Waals surface area contributed by atoms with Gasteiger partial charge in [0.15, 0.2) is 0 Å². The third-order valence-corrected chi connectivity index (χ3v) is 2.82. The summed E-state index contributed by atoms with van der Waals surface area (Å²) >= 11 is 0. The molecule has 1 aromatic carbocycles. The number of hydrogen-bond donors (Lipinski definition) is 1. The number of aromatic nitrogens is 3. The molecule has 0 saturated carbocycles. The lowest BCUT2D eigenvalue weighted by Gasteiger charge is -2.04. The molecule has 90 valence electrons. The second kappa shape index (κ2) is 4.94. The van der Waals surface area contributed by atoms with Gasteiger partial charge in [-0.1, -0.05) is 18.2 Å². The first-order valence-electron chi connectivity index (χ1n) is 5.34. The highest BCUT2D eigenvalue weighted by molar-refractivity contribution is 5.85. The second-order valence-electron chi connectivity index (χ2n) is 3.89. The Morgan fingerprint density at radius 2 is 2.17 bits per heavy atom. The molecule has 1 N–H and O–H groups in total. The van der Waals surface area contributed by atoms with Crippen LogP contribution in [0, 0.1) is 11.3 Å². The van der Waals surface area contributed by atoms with E-state index in [1.54, 1.807) is 6.20 Å². The van der Waals surface area contributed by atoms with Crippen molar-refractivity contribution < 1.29 is 0 Å². The minimum Gasteiger partial charge on any atom is -0.328 e. The summed E-state index contributed by atoms with van der Waals surface area (Å²) in [6.07, 6.45) is 3.62. The van der Waals surface area contributed by atoms with Gasteiger partial charge in [0, 0.05) is 22.7 Å². The predicted octanol–water partition coefficient (Wildman–Crippen LogP) is 2.71. The van der Waals surface area contributed by atoms with Crippen molar-refractivity contribution in [3.8, 4) is 6.07 Å². The number of fused-ring (bicyclic) bond motifs is 1. The van der Waals surface area contributed by atoms with Crippen molar-refractivity contribution in [3.05, 3.63) is 54.0 Å². The lowest BCUT2D eigenvalue weighted by molar-refractivity contribution is 0.824. The maximum Gasteiger partial charge on any atom is 0.121 e. The van der Waals surface area contributed by atoms with E-state index in [0.717, 1.165) is 16.5 Å². The summed E-state index contributed by atoms with van der Waals surface area (Å²) in [6.45, 7) is 0.660. The number of hydrogen-bond acceptors (Lipinski definition) is 2. The molecule has 18 heavy (non-hydrogen) atoms. The Bertz CT molecular complexity index is 691. The molecule has 2 heterocycles. The van der Waals surface area contributed by atoms with Gasteiger partial charge < -0.3 is 4.57 Å². The number of para-hydroxylation sites is 1. The molecule has 0 fully saturated rings. The number of nitriles is 1. The molecule has 0 amide bonds. The quantitative estimate of drug-likeness (QED) is 0.768. The SMILES string of the molecule is Cl.N#Cc1cc2ccccc2n1Cc1cn[nH]c1. The molecule has 2 aromatic heterocycles. The van der Waals surface area contributed by atoms with Crippen molar-refractivity contribution in [2.75, 3.05) is 0 Å². The molecule has 0 atom stereocenters. The van der Waals surface area contributed by atoms with Crippen LogP contribution in [0.15, 0.2) is 42.7 Å². The minimum atomic E-state index is 0. The number of nitrogens with one attached hydrogen (secondary N) is 1. The maximum absolute atomic E-state index is 9.15. The fourth-order valence-electron chi connectivity index (χ4n) is 2.02. The fourth-order valence-corrected chi connectivity index (χ4v) is 2.02. The summed E-state index contributed by atoms with van der Waals surface area (Å²) in [5.41, 5.74) is 2.81. The first-order chi connectivity index (χ1) is 8.38. The molecule has 4 nitrogen and oxygen atoms in total. The van der Waals surface area contributed by atoms with Gasteiger partial charge in [0.25, 0.3) is 0 Å². The van der Waals surface area contributed by atoms with Crippen LogP contribution in [-0.4, -0.2) is 14.8 Å². The normalized spacial score (nSPS) is 9.94. The molecular formula is C13H11ClN4. The Morgan fingerprint density at radius 1 is 1.33 bits per heavy atom. The van der Waals surface area contributed by atoms with Crippen molar-refractivity contribution in [2.45, 2.75) is 6.54 Å². The summed E-state index contributed by atoms with van der Waals surface area (Å²) in [5, 5.41) is 16.9. The zero-order valence-electron chi connectivity index (χ0n) is 9.50. The Kier molecular flexibility index (Phi) is 3.35. The molecule has 0 bridgehead atoms. The predicted molar refractivity (Wildman–Crippen MR) is 71.6 cm³/mol. The van der Waals surface area contributed by atoms with Crippen molar-refractivity contribution in [1.82, 2.24) is 14.8 Å². The Hall–Kier alpha value is -2.25. The van der Waals surface area contributed by atoms with Gasteiger partial charge >= 0.3 is 0 Å². The molecule has 0 saturated heterocycles. The van der Waals surface area contributed by atoms with Crippen LogP contribution in [0.25, 0.3) is 10.9 Å². The van der Waals surface area contributed by atoms with E-state index in [4.69, 9.17) is 5.26 Å². The number of rotatable bonds is 2. The average Bonchev–Trinajstić information content (AvgIpc) is 2.98. The highest BCUT2D eigenvalue weighted by Crippen LogP contribution is 2.20. The highest BCUT2D eigenvalue weighted by Gasteiger charge is 2.08. The molecule has 0 aliphatic rings. The lowest BCUT2D eigenvalue weighted by Crippen LogP contribution is -2.00. The van der Waals surface area contributed by atoms with Crippen molar-refractivity contribution in [2.24, 2.45) is 0 Å². The summed E-state index contributed by atoms with van der Waals surface area (Å²) in [6, 6.07) is 12.1. The third-order valence-electron chi connectivity index (χ3n) is 2.82. The van der Waals surface area contributed by atoms with Gasteiger partial charge in [-0.25, -0.2) is 0 Å². The van der Waals surface area contributed by atoms with Crippen LogP contribution in [0.3, 0.4) is 0 Å². The van der Waals surface area contributed by atoms with E-state index in [1.807, 2.05) is 41.1 Å². The van der Waals surface area contributed by atoms with Gasteiger partial charge in [0.2, 0.25) is 0 Å². The van der Waals surface area contributed by atoms with Gasteiger partial charge in [-0.3, -0.25) is 5.10 Å². The van der Waals surface area contributed by atoms with Crippen LogP contribution in [0.1, 0.15) is 11.3 Å². The topological polar surface area (TPSA) is 57.4 Å². The van der Waals surface area contributed by atoms with Crippen LogP contribution in [0.5, 0.6) is 0 Å². The first-order valence-corrected chi connectivity index (χ1v) is 5.34. The van der Waals surface area contributed by atoms with E-state index < -0.39 is 0 Å². The average molecular weight is 259 g/mol. The first kappa shape index (κ1) is 12.2. The summed E-state index contributed by atoms with van der Waals surface area (Å²) in [4.78, 5) is 0. The molecule has 0 spiro atoms. The van der Waals surface area contributed by atoms with Gasteiger partial charge in [-0.15, -0.1) is 12.4 Å². The van der Waals surface area contributed by atoms with E-state index in [2.05, 4.69) is 16.3 Å². The molecular weight excluding hydrogens is 248 g/mol. The van der Waals surface area contributed by atoms with Gasteiger partial charge in [0.05, 0.1) is 12.7 Å². The van der Waals surface area contributed by atoms with Crippen LogP contribution in [0.2, 0.25) is 0 Å². The van der Waals surface area contributed by atoms with Gasteiger partial charge in [0.1, 0.15) is 11.8 Å². The largest absolute Gasteiger partial charge is 0.328 e. The number of H-pyrrole nitrogens is 1. The van der Waals surface area contributed by atoms with Crippen LogP contribution >= 0.6 is 12.4 Å². The number of nitrogens with zero attached hydrogens (tertiary/aromatic N) is 3. The van der Waals surface area contributed by atoms with Crippen LogP contribution < -0.4 is 0 Å². The van der Waals surface area contributed by atoms with Gasteiger partial charge in [-0.2, -0.15) is 10.4 Å². The third kappa shape index (κ3) is 1.96. The summed E-state index contributed by atoms with van der Waals surface area (Å²) < 4.78 is 2.00. The summed E-state index contributed by atoms with van der Waals surface area (Å²) in [7, 11) is 0. The number of halogens is 1. The zero-order valence-corrected chi connectivity index (χ0v) is 10.3. The van der Waals surface area contributed by atoms with Crippen molar-refractivity contribution in [3.63, 3.8) is 0 Å². The zero-order chi connectivity index (χ0) is 11.7. The molecule has 3 rings (SSSR count). The fraction of sp³-hybridized carbons (Fsp3) is 0.0769. The minimum absolute atomic E-state index is 0. The highest BCUT2D eigenvalue weighted by atomic mass is 35.5. The van der Waals surface area contributed by atoms with E-state index in [0.29, 0.717) is 12.2 Å². The van der Waals surface area contributed by atoms with E-state index >= 15 is 0 Å². The smallest absolute Gasteiger partial charge is 0.121 e. The van der Waals surface area contributed by atoms with Crippen LogP contribution in [-0.2, 0) is 6.54 Å². The standard InChI is InChI=1S/C13H10N4.ClH/c14-6-12-5-11-3-1-2-4-13(11)17(12)9-10-7-15-16-8-10;/h1-5,7-8H,9H2,(H,15,16);1H. The number of aromatic amines is 1. The molecule has 5 heteroatoms. The second-order valence-corrected chi connectivity index (χ2v) is 3.89. The molecule has 3 aromatic rings. The van der Waals surface area contributed by atoms with E-state index in [9.17, 15) is 0 Å². The Morgan fingerprint density at radius 3 is 2.89 bits per heavy atom. The van der Waals surface area contributed by atoms with Crippen molar-refractivity contribution >= 4 is 23.3 Å². The monoisotopic (exact) mass is 258 g/mol. The lowest BCUT2D eigenvalue weighted by atomic mass is 10.2. The molecule has 0 radical (unpaired) electrons. The Labute approximate surface area is 110 Å². The Balaban J connectivity index is 0.00000120. The maximum atomic E-state index is 9.15. The molecule has 0 aliphatic carbocycles.